The third-order valence-corrected chi connectivity index (χ3v) is 6.74. The van der Waals surface area contributed by atoms with Crippen molar-refractivity contribution in [2.75, 3.05) is 24.6 Å². The molecule has 23 heavy (non-hydrogen) atoms. The summed E-state index contributed by atoms with van der Waals surface area (Å²) in [7, 11) is -2.85. The van der Waals surface area contributed by atoms with Crippen LogP contribution in [0.3, 0.4) is 0 Å². The van der Waals surface area contributed by atoms with Crippen LogP contribution in [-0.4, -0.2) is 49.7 Å². The number of ketones is 1. The second-order valence-electron chi connectivity index (χ2n) is 6.69. The van der Waals surface area contributed by atoms with Crippen LogP contribution < -0.4 is 0 Å². The van der Waals surface area contributed by atoms with E-state index in [9.17, 15) is 17.6 Å². The molecule has 1 aromatic carbocycles. The molecule has 1 aromatic rings. The SMILES string of the molecule is O=C(CC1CCCN1CC1CCS(=O)(=O)C1)c1ccc(F)cc1. The fourth-order valence-corrected chi connectivity index (χ4v) is 5.53. The van der Waals surface area contributed by atoms with Crippen molar-refractivity contribution in [3.63, 3.8) is 0 Å². The summed E-state index contributed by atoms with van der Waals surface area (Å²) in [5, 5.41) is 0. The molecule has 6 heteroatoms. The highest BCUT2D eigenvalue weighted by atomic mass is 32.2. The fraction of sp³-hybridized carbons (Fsp3) is 0.588. The first-order valence-corrected chi connectivity index (χ1v) is 9.98. The van der Waals surface area contributed by atoms with Gasteiger partial charge in [0.15, 0.2) is 15.6 Å². The first kappa shape index (κ1) is 16.6. The number of rotatable bonds is 5. The Labute approximate surface area is 136 Å². The van der Waals surface area contributed by atoms with E-state index in [-0.39, 0.29) is 29.3 Å². The topological polar surface area (TPSA) is 54.5 Å². The number of hydrogen-bond donors (Lipinski definition) is 0. The molecule has 0 saturated carbocycles. The third kappa shape index (κ3) is 4.18. The predicted octanol–water partition coefficient (Wildman–Crippen LogP) is 2.30. The van der Waals surface area contributed by atoms with Crippen LogP contribution in [0.25, 0.3) is 0 Å². The minimum Gasteiger partial charge on any atom is -0.300 e. The first-order valence-electron chi connectivity index (χ1n) is 8.16. The Bertz CT molecular complexity index is 672. The number of benzene rings is 1. The van der Waals surface area contributed by atoms with Gasteiger partial charge in [0.05, 0.1) is 11.5 Å². The lowest BCUT2D eigenvalue weighted by Crippen LogP contribution is -2.35. The maximum atomic E-state index is 12.9. The van der Waals surface area contributed by atoms with Crippen molar-refractivity contribution in [3.05, 3.63) is 35.6 Å². The molecule has 2 atom stereocenters. The van der Waals surface area contributed by atoms with Gasteiger partial charge in [0.1, 0.15) is 5.82 Å². The molecule has 2 unspecified atom stereocenters. The zero-order valence-electron chi connectivity index (χ0n) is 13.1. The van der Waals surface area contributed by atoms with Crippen molar-refractivity contribution in [2.24, 2.45) is 5.92 Å². The van der Waals surface area contributed by atoms with E-state index < -0.39 is 9.84 Å². The molecule has 2 aliphatic rings. The van der Waals surface area contributed by atoms with Crippen LogP contribution in [-0.2, 0) is 9.84 Å². The van der Waals surface area contributed by atoms with Gasteiger partial charge in [-0.3, -0.25) is 9.69 Å². The molecule has 0 aliphatic carbocycles. The number of halogens is 1. The molecule has 0 amide bonds. The summed E-state index contributed by atoms with van der Waals surface area (Å²) in [6.07, 6.45) is 3.16. The van der Waals surface area contributed by atoms with Crippen LogP contribution in [0, 0.1) is 11.7 Å². The van der Waals surface area contributed by atoms with Crippen LogP contribution in [0.5, 0.6) is 0 Å². The average Bonchev–Trinajstić information content (AvgIpc) is 3.06. The quantitative estimate of drug-likeness (QED) is 0.773. The van der Waals surface area contributed by atoms with Crippen LogP contribution in [0.4, 0.5) is 4.39 Å². The van der Waals surface area contributed by atoms with E-state index in [4.69, 9.17) is 0 Å². The number of Topliss-reactive ketones (excluding diaryl/α,β-unsaturated/α-hetero) is 1. The molecule has 2 aliphatic heterocycles. The van der Waals surface area contributed by atoms with E-state index in [0.29, 0.717) is 17.7 Å². The molecule has 126 valence electrons. The van der Waals surface area contributed by atoms with Crippen molar-refractivity contribution in [1.82, 2.24) is 4.90 Å². The normalized spacial score (nSPS) is 27.3. The van der Waals surface area contributed by atoms with Gasteiger partial charge in [0.25, 0.3) is 0 Å². The molecule has 2 fully saturated rings. The van der Waals surface area contributed by atoms with Gasteiger partial charge in [-0.15, -0.1) is 0 Å². The smallest absolute Gasteiger partial charge is 0.164 e. The van der Waals surface area contributed by atoms with Crippen molar-refractivity contribution in [2.45, 2.75) is 31.7 Å². The highest BCUT2D eigenvalue weighted by Gasteiger charge is 2.33. The zero-order valence-corrected chi connectivity index (χ0v) is 13.9. The van der Waals surface area contributed by atoms with E-state index in [1.165, 1.54) is 24.3 Å². The molecular weight excluding hydrogens is 317 g/mol. The molecule has 3 rings (SSSR count). The maximum Gasteiger partial charge on any atom is 0.164 e. The lowest BCUT2D eigenvalue weighted by molar-refractivity contribution is 0.0935. The molecule has 0 bridgehead atoms. The Kier molecular flexibility index (Phi) is 4.82. The number of sulfone groups is 1. The molecule has 0 N–H and O–H groups in total. The Morgan fingerprint density at radius 1 is 1.22 bits per heavy atom. The Morgan fingerprint density at radius 3 is 2.61 bits per heavy atom. The van der Waals surface area contributed by atoms with Gasteiger partial charge in [-0.1, -0.05) is 0 Å². The number of hydrogen-bond acceptors (Lipinski definition) is 4. The molecule has 2 saturated heterocycles. The summed E-state index contributed by atoms with van der Waals surface area (Å²) in [6.45, 7) is 1.69. The van der Waals surface area contributed by atoms with E-state index in [0.717, 1.165) is 32.4 Å². The first-order chi connectivity index (χ1) is 10.9. The van der Waals surface area contributed by atoms with E-state index in [1.807, 2.05) is 0 Å². The number of carbonyl (C=O) groups excluding carboxylic acids is 1. The summed E-state index contributed by atoms with van der Waals surface area (Å²) in [5.41, 5.74) is 0.543. The Morgan fingerprint density at radius 2 is 1.96 bits per heavy atom. The van der Waals surface area contributed by atoms with E-state index in [2.05, 4.69) is 4.90 Å². The van der Waals surface area contributed by atoms with Gasteiger partial charge >= 0.3 is 0 Å². The van der Waals surface area contributed by atoms with Gasteiger partial charge in [-0.25, -0.2) is 12.8 Å². The summed E-state index contributed by atoms with van der Waals surface area (Å²) < 4.78 is 36.1. The van der Waals surface area contributed by atoms with Crippen molar-refractivity contribution >= 4 is 15.6 Å². The summed E-state index contributed by atoms with van der Waals surface area (Å²) in [5.74, 6) is 0.459. The number of likely N-dealkylation sites (tertiary alicyclic amines) is 1. The van der Waals surface area contributed by atoms with Crippen LogP contribution >= 0.6 is 0 Å². The van der Waals surface area contributed by atoms with Crippen molar-refractivity contribution in [1.29, 1.82) is 0 Å². The van der Waals surface area contributed by atoms with Crippen LogP contribution in [0.15, 0.2) is 24.3 Å². The molecule has 0 spiro atoms. The largest absolute Gasteiger partial charge is 0.300 e. The fourth-order valence-electron chi connectivity index (χ4n) is 3.68. The van der Waals surface area contributed by atoms with E-state index >= 15 is 0 Å². The Balaban J connectivity index is 1.58. The van der Waals surface area contributed by atoms with Crippen LogP contribution in [0.2, 0.25) is 0 Å². The third-order valence-electron chi connectivity index (χ3n) is 4.91. The highest BCUT2D eigenvalue weighted by Crippen LogP contribution is 2.26. The lowest BCUT2D eigenvalue weighted by Gasteiger charge is -2.26. The number of nitrogens with zero attached hydrogens (tertiary/aromatic N) is 1. The summed E-state index contributed by atoms with van der Waals surface area (Å²) >= 11 is 0. The second kappa shape index (κ2) is 6.69. The lowest BCUT2D eigenvalue weighted by atomic mass is 10.0. The molecule has 0 radical (unpaired) electrons. The maximum absolute atomic E-state index is 12.9. The average molecular weight is 339 g/mol. The highest BCUT2D eigenvalue weighted by molar-refractivity contribution is 7.91. The van der Waals surface area contributed by atoms with Gasteiger partial charge in [-0.05, 0) is 56.0 Å². The minimum atomic E-state index is -2.85. The van der Waals surface area contributed by atoms with Crippen LogP contribution in [0.1, 0.15) is 36.0 Å². The van der Waals surface area contributed by atoms with Crippen molar-refractivity contribution < 1.29 is 17.6 Å². The summed E-state index contributed by atoms with van der Waals surface area (Å²) in [4.78, 5) is 14.6. The molecule has 0 aromatic heterocycles. The van der Waals surface area contributed by atoms with Crippen molar-refractivity contribution in [3.8, 4) is 0 Å². The molecule has 4 nitrogen and oxygen atoms in total. The van der Waals surface area contributed by atoms with Gasteiger partial charge in [-0.2, -0.15) is 0 Å². The second-order valence-corrected chi connectivity index (χ2v) is 8.92. The monoisotopic (exact) mass is 339 g/mol. The van der Waals surface area contributed by atoms with E-state index in [1.54, 1.807) is 0 Å². The molecule has 2 heterocycles. The molecular formula is C17H22FNO3S. The predicted molar refractivity (Wildman–Crippen MR) is 86.7 cm³/mol. The Hall–Kier alpha value is -1.27. The van der Waals surface area contributed by atoms with Gasteiger partial charge < -0.3 is 0 Å². The van der Waals surface area contributed by atoms with Gasteiger partial charge in [0.2, 0.25) is 0 Å². The van der Waals surface area contributed by atoms with Gasteiger partial charge in [0, 0.05) is 24.6 Å². The number of carbonyl (C=O) groups is 1. The zero-order chi connectivity index (χ0) is 16.4. The summed E-state index contributed by atoms with van der Waals surface area (Å²) in [6, 6.07) is 5.85. The minimum absolute atomic E-state index is 0.0287. The standard InChI is InChI=1S/C17H22FNO3S/c18-15-5-3-14(4-6-15)17(20)10-16-2-1-8-19(16)11-13-7-9-23(21,22)12-13/h3-6,13,16H,1-2,7-12H2.